The van der Waals surface area contributed by atoms with Crippen LogP contribution in [0.1, 0.15) is 23.2 Å². The molecule has 6 heteroatoms. The number of ether oxygens (including phenoxy) is 2. The third-order valence-corrected chi connectivity index (χ3v) is 3.51. The smallest absolute Gasteiger partial charge is 0.387 e. The van der Waals surface area contributed by atoms with Gasteiger partial charge in [0.1, 0.15) is 5.75 Å². The topological polar surface area (TPSA) is 38.8 Å². The third kappa shape index (κ3) is 4.39. The number of piperidine rings is 1. The number of carbonyl (C=O) groups excluding carboxylic acids is 1. The van der Waals surface area contributed by atoms with Crippen LogP contribution in [-0.4, -0.2) is 44.2 Å². The van der Waals surface area contributed by atoms with Gasteiger partial charge >= 0.3 is 6.61 Å². The van der Waals surface area contributed by atoms with Gasteiger partial charge in [0.2, 0.25) is 0 Å². The molecule has 1 aromatic carbocycles. The second-order valence-corrected chi connectivity index (χ2v) is 5.12. The van der Waals surface area contributed by atoms with Crippen molar-refractivity contribution < 1.29 is 23.0 Å². The van der Waals surface area contributed by atoms with E-state index in [1.807, 2.05) is 0 Å². The van der Waals surface area contributed by atoms with Crippen molar-refractivity contribution in [2.45, 2.75) is 19.5 Å². The Morgan fingerprint density at radius 2 is 2.29 bits per heavy atom. The minimum Gasteiger partial charge on any atom is -0.435 e. The standard InChI is InChI=1S/C15H19F2NO3/c1-20-10-11-4-3-7-18(9-11)14(19)12-5-2-6-13(8-12)21-15(16)17/h2,5-6,8,11,15H,3-4,7,9-10H2,1H3/t11-/m1/s1. The number of amides is 1. The Morgan fingerprint density at radius 1 is 1.48 bits per heavy atom. The predicted molar refractivity (Wildman–Crippen MR) is 73.6 cm³/mol. The van der Waals surface area contributed by atoms with Gasteiger partial charge in [0.05, 0.1) is 6.61 Å². The Kier molecular flexibility index (Phi) is 5.50. The molecule has 0 unspecified atom stereocenters. The molecule has 1 aliphatic rings. The van der Waals surface area contributed by atoms with Gasteiger partial charge in [-0.15, -0.1) is 0 Å². The normalized spacial score (nSPS) is 18.9. The van der Waals surface area contributed by atoms with Crippen LogP contribution in [0.3, 0.4) is 0 Å². The Balaban J connectivity index is 2.05. The first kappa shape index (κ1) is 15.7. The molecule has 1 amide bonds. The molecule has 1 saturated heterocycles. The summed E-state index contributed by atoms with van der Waals surface area (Å²) < 4.78 is 33.9. The summed E-state index contributed by atoms with van der Waals surface area (Å²) in [6.45, 7) is -0.958. The zero-order chi connectivity index (χ0) is 15.2. The van der Waals surface area contributed by atoms with Gasteiger partial charge in [0.15, 0.2) is 0 Å². The number of benzene rings is 1. The summed E-state index contributed by atoms with van der Waals surface area (Å²) in [7, 11) is 1.64. The van der Waals surface area contributed by atoms with Crippen LogP contribution in [0.15, 0.2) is 24.3 Å². The summed E-state index contributed by atoms with van der Waals surface area (Å²) in [5.74, 6) is 0.171. The van der Waals surface area contributed by atoms with Crippen molar-refractivity contribution in [2.75, 3.05) is 26.8 Å². The van der Waals surface area contributed by atoms with Crippen LogP contribution in [0, 0.1) is 5.92 Å². The third-order valence-electron chi connectivity index (χ3n) is 3.51. The quantitative estimate of drug-likeness (QED) is 0.839. The number of likely N-dealkylation sites (tertiary alicyclic amines) is 1. The lowest BCUT2D eigenvalue weighted by Gasteiger charge is -2.32. The largest absolute Gasteiger partial charge is 0.435 e. The average molecular weight is 299 g/mol. The number of hydrogen-bond donors (Lipinski definition) is 0. The number of nitrogens with zero attached hydrogens (tertiary/aromatic N) is 1. The highest BCUT2D eigenvalue weighted by atomic mass is 19.3. The molecule has 0 aliphatic carbocycles. The highest BCUT2D eigenvalue weighted by molar-refractivity contribution is 5.94. The Hall–Kier alpha value is -1.69. The van der Waals surface area contributed by atoms with Crippen molar-refractivity contribution >= 4 is 5.91 Å². The Labute approximate surface area is 122 Å². The van der Waals surface area contributed by atoms with Crippen molar-refractivity contribution in [1.82, 2.24) is 4.90 Å². The lowest BCUT2D eigenvalue weighted by Crippen LogP contribution is -2.41. The molecule has 0 N–H and O–H groups in total. The van der Waals surface area contributed by atoms with E-state index < -0.39 is 6.61 Å². The van der Waals surface area contributed by atoms with Crippen molar-refractivity contribution in [1.29, 1.82) is 0 Å². The second kappa shape index (κ2) is 7.36. The van der Waals surface area contributed by atoms with Crippen molar-refractivity contribution in [3.05, 3.63) is 29.8 Å². The fourth-order valence-electron chi connectivity index (χ4n) is 2.61. The van der Waals surface area contributed by atoms with Crippen molar-refractivity contribution in [3.63, 3.8) is 0 Å². The van der Waals surface area contributed by atoms with E-state index in [4.69, 9.17) is 4.74 Å². The molecule has 0 spiro atoms. The van der Waals surface area contributed by atoms with E-state index in [2.05, 4.69) is 4.74 Å². The molecule has 21 heavy (non-hydrogen) atoms. The summed E-state index contributed by atoms with van der Waals surface area (Å²) in [6, 6.07) is 5.92. The molecule has 0 aromatic heterocycles. The molecule has 2 rings (SSSR count). The Morgan fingerprint density at radius 3 is 3.00 bits per heavy atom. The van der Waals surface area contributed by atoms with Crippen LogP contribution < -0.4 is 4.74 Å². The van der Waals surface area contributed by atoms with E-state index in [0.717, 1.165) is 12.8 Å². The van der Waals surface area contributed by atoms with E-state index >= 15 is 0 Å². The van der Waals surface area contributed by atoms with Gasteiger partial charge in [0.25, 0.3) is 5.91 Å². The molecular formula is C15H19F2NO3. The first-order valence-corrected chi connectivity index (χ1v) is 6.93. The van der Waals surface area contributed by atoms with E-state index in [-0.39, 0.29) is 11.7 Å². The van der Waals surface area contributed by atoms with Gasteiger partial charge in [-0.1, -0.05) is 6.07 Å². The van der Waals surface area contributed by atoms with Crippen LogP contribution in [0.2, 0.25) is 0 Å². The maximum absolute atomic E-state index is 12.4. The molecule has 1 aliphatic heterocycles. The maximum atomic E-state index is 12.4. The number of alkyl halides is 2. The molecule has 0 saturated carbocycles. The highest BCUT2D eigenvalue weighted by Crippen LogP contribution is 2.21. The second-order valence-electron chi connectivity index (χ2n) is 5.12. The van der Waals surface area contributed by atoms with Crippen LogP contribution in [0.4, 0.5) is 8.78 Å². The molecule has 0 bridgehead atoms. The summed E-state index contributed by atoms with van der Waals surface area (Å²) in [5.41, 5.74) is 0.367. The molecule has 0 radical (unpaired) electrons. The molecule has 1 fully saturated rings. The summed E-state index contributed by atoms with van der Waals surface area (Å²) in [4.78, 5) is 14.2. The van der Waals surface area contributed by atoms with Crippen LogP contribution >= 0.6 is 0 Å². The fourth-order valence-corrected chi connectivity index (χ4v) is 2.61. The maximum Gasteiger partial charge on any atom is 0.387 e. The van der Waals surface area contributed by atoms with Gasteiger partial charge in [0, 0.05) is 25.8 Å². The molecule has 1 atom stereocenters. The minimum atomic E-state index is -2.89. The summed E-state index contributed by atoms with van der Waals surface area (Å²) >= 11 is 0. The van der Waals surface area contributed by atoms with Gasteiger partial charge < -0.3 is 14.4 Å². The number of hydrogen-bond acceptors (Lipinski definition) is 3. The van der Waals surface area contributed by atoms with Gasteiger partial charge in [-0.3, -0.25) is 4.79 Å². The number of halogens is 2. The average Bonchev–Trinajstić information content (AvgIpc) is 2.47. The zero-order valence-corrected chi connectivity index (χ0v) is 11.9. The predicted octanol–water partition coefficient (Wildman–Crippen LogP) is 2.79. The molecule has 1 heterocycles. The summed E-state index contributed by atoms with van der Waals surface area (Å²) in [6.07, 6.45) is 1.96. The van der Waals surface area contributed by atoms with E-state index in [0.29, 0.717) is 31.2 Å². The minimum absolute atomic E-state index is 0.00120. The lowest BCUT2D eigenvalue weighted by atomic mass is 9.98. The van der Waals surface area contributed by atoms with Crippen LogP contribution in [0.25, 0.3) is 0 Å². The van der Waals surface area contributed by atoms with Gasteiger partial charge in [-0.2, -0.15) is 8.78 Å². The highest BCUT2D eigenvalue weighted by Gasteiger charge is 2.24. The number of methoxy groups -OCH3 is 1. The zero-order valence-electron chi connectivity index (χ0n) is 11.9. The SMILES string of the molecule is COC[C@@H]1CCCN(C(=O)c2cccc(OC(F)F)c2)C1. The number of carbonyl (C=O) groups is 1. The van der Waals surface area contributed by atoms with E-state index in [1.165, 1.54) is 12.1 Å². The lowest BCUT2D eigenvalue weighted by molar-refractivity contribution is -0.0499. The van der Waals surface area contributed by atoms with Gasteiger partial charge in [-0.25, -0.2) is 0 Å². The first-order valence-electron chi connectivity index (χ1n) is 6.93. The number of rotatable bonds is 5. The molecule has 4 nitrogen and oxygen atoms in total. The monoisotopic (exact) mass is 299 g/mol. The summed E-state index contributed by atoms with van der Waals surface area (Å²) in [5, 5.41) is 0. The van der Waals surface area contributed by atoms with E-state index in [9.17, 15) is 13.6 Å². The van der Waals surface area contributed by atoms with E-state index in [1.54, 1.807) is 24.1 Å². The van der Waals surface area contributed by atoms with Crippen molar-refractivity contribution in [2.24, 2.45) is 5.92 Å². The first-order chi connectivity index (χ1) is 10.1. The Bertz CT molecular complexity index is 480. The van der Waals surface area contributed by atoms with Crippen molar-refractivity contribution in [3.8, 4) is 5.75 Å². The molecule has 1 aromatic rings. The molecule has 116 valence electrons. The van der Waals surface area contributed by atoms with Gasteiger partial charge in [-0.05, 0) is 37.0 Å². The van der Waals surface area contributed by atoms with Crippen LogP contribution in [-0.2, 0) is 4.74 Å². The fraction of sp³-hybridized carbons (Fsp3) is 0.533. The molecular weight excluding hydrogens is 280 g/mol. The van der Waals surface area contributed by atoms with Crippen LogP contribution in [0.5, 0.6) is 5.75 Å².